The number of hydrogen-bond donors (Lipinski definition) is 2. The van der Waals surface area contributed by atoms with Crippen LogP contribution in [0.5, 0.6) is 6.01 Å². The van der Waals surface area contributed by atoms with Crippen LogP contribution in [0.15, 0.2) is 30.5 Å². The lowest BCUT2D eigenvalue weighted by molar-refractivity contribution is -0.119. The van der Waals surface area contributed by atoms with E-state index in [4.69, 9.17) is 11.6 Å². The van der Waals surface area contributed by atoms with Gasteiger partial charge in [-0.15, -0.1) is 0 Å². The summed E-state index contributed by atoms with van der Waals surface area (Å²) in [6.07, 6.45) is 4.64. The third-order valence-corrected chi connectivity index (χ3v) is 4.73. The first-order valence-electron chi connectivity index (χ1n) is 9.08. The monoisotopic (exact) mass is 386 g/mol. The number of rotatable bonds is 7. The summed E-state index contributed by atoms with van der Waals surface area (Å²) in [7, 11) is 0. The third kappa shape index (κ3) is 4.22. The Balaban J connectivity index is 2.09. The van der Waals surface area contributed by atoms with Gasteiger partial charge >= 0.3 is 0 Å². The number of benzene rings is 1. The van der Waals surface area contributed by atoms with Gasteiger partial charge in [0, 0.05) is 31.8 Å². The van der Waals surface area contributed by atoms with Crippen molar-refractivity contribution in [3.8, 4) is 17.1 Å². The standard InChI is InChI=1S/C20H23ClN4O2/c1-3-4-5-9-25-18-17(16(21)12-23-19(18)24-20(25)27)15-8-6-7-14(10-15)11-22-13(2)26/h6-8,10,12H,3-5,9,11H2,1-2H3,(H,22,26)(H,23,24,27). The minimum atomic E-state index is -0.0799. The van der Waals surface area contributed by atoms with Gasteiger partial charge in [-0.25, -0.2) is 4.98 Å². The highest BCUT2D eigenvalue weighted by atomic mass is 35.5. The number of hydrogen-bond acceptors (Lipinski definition) is 4. The summed E-state index contributed by atoms with van der Waals surface area (Å²) in [4.78, 5) is 19.7. The van der Waals surface area contributed by atoms with Gasteiger partial charge in [0.05, 0.1) is 10.5 Å². The molecule has 2 N–H and O–H groups in total. The van der Waals surface area contributed by atoms with E-state index in [9.17, 15) is 9.90 Å². The fourth-order valence-electron chi connectivity index (χ4n) is 3.13. The zero-order valence-corrected chi connectivity index (χ0v) is 16.3. The van der Waals surface area contributed by atoms with Crippen LogP contribution < -0.4 is 5.32 Å². The molecule has 0 atom stereocenters. The van der Waals surface area contributed by atoms with Crippen LogP contribution in [0.3, 0.4) is 0 Å². The number of aromatic hydroxyl groups is 1. The molecule has 142 valence electrons. The van der Waals surface area contributed by atoms with Crippen molar-refractivity contribution in [2.75, 3.05) is 0 Å². The highest BCUT2D eigenvalue weighted by molar-refractivity contribution is 6.34. The van der Waals surface area contributed by atoms with Gasteiger partial charge in [-0.2, -0.15) is 4.98 Å². The Morgan fingerprint density at radius 2 is 2.15 bits per heavy atom. The van der Waals surface area contributed by atoms with Crippen LogP contribution in [0.1, 0.15) is 38.7 Å². The molecule has 1 amide bonds. The highest BCUT2D eigenvalue weighted by Crippen LogP contribution is 2.36. The first-order valence-corrected chi connectivity index (χ1v) is 9.46. The predicted molar refractivity (Wildman–Crippen MR) is 107 cm³/mol. The van der Waals surface area contributed by atoms with E-state index < -0.39 is 0 Å². The largest absolute Gasteiger partial charge is 0.480 e. The molecule has 0 aliphatic rings. The Morgan fingerprint density at radius 1 is 1.33 bits per heavy atom. The minimum Gasteiger partial charge on any atom is -0.480 e. The molecule has 2 heterocycles. The van der Waals surface area contributed by atoms with Crippen LogP contribution in [0.25, 0.3) is 22.3 Å². The Labute approximate surface area is 163 Å². The molecule has 3 aromatic rings. The molecule has 2 aromatic heterocycles. The smallest absolute Gasteiger partial charge is 0.296 e. The normalized spacial score (nSPS) is 11.1. The summed E-state index contributed by atoms with van der Waals surface area (Å²) in [6, 6.07) is 7.76. The summed E-state index contributed by atoms with van der Waals surface area (Å²) in [5.74, 6) is -0.0799. The van der Waals surface area contributed by atoms with Gasteiger partial charge in [0.25, 0.3) is 6.01 Å². The number of imidazole rings is 1. The second kappa shape index (κ2) is 8.39. The molecule has 0 radical (unpaired) electrons. The number of fused-ring (bicyclic) bond motifs is 1. The first-order chi connectivity index (χ1) is 13.0. The Hall–Kier alpha value is -2.60. The number of unbranched alkanes of at least 4 members (excludes halogenated alkanes) is 2. The number of carbonyl (C=O) groups is 1. The summed E-state index contributed by atoms with van der Waals surface area (Å²) in [5.41, 5.74) is 3.84. The molecule has 0 aliphatic carbocycles. The maximum absolute atomic E-state index is 11.2. The summed E-state index contributed by atoms with van der Waals surface area (Å²) in [6.45, 7) is 4.72. The second-order valence-corrected chi connectivity index (χ2v) is 6.94. The zero-order chi connectivity index (χ0) is 19.4. The Morgan fingerprint density at radius 3 is 2.89 bits per heavy atom. The zero-order valence-electron chi connectivity index (χ0n) is 15.5. The molecule has 0 aliphatic heterocycles. The number of nitrogens with zero attached hydrogens (tertiary/aromatic N) is 3. The van der Waals surface area contributed by atoms with E-state index in [0.29, 0.717) is 23.8 Å². The van der Waals surface area contributed by atoms with Gasteiger partial charge in [-0.3, -0.25) is 9.36 Å². The fraction of sp³-hybridized carbons (Fsp3) is 0.350. The molecule has 0 fully saturated rings. The molecule has 0 bridgehead atoms. The van der Waals surface area contributed by atoms with Crippen molar-refractivity contribution < 1.29 is 9.90 Å². The number of carbonyl (C=O) groups excluding carboxylic acids is 1. The SMILES string of the molecule is CCCCCn1c(O)nc2ncc(Cl)c(-c3cccc(CNC(C)=O)c3)c21. The topological polar surface area (TPSA) is 80.0 Å². The Bertz CT molecular complexity index is 968. The van der Waals surface area contributed by atoms with Gasteiger partial charge < -0.3 is 10.4 Å². The van der Waals surface area contributed by atoms with Crippen LogP contribution in [0.2, 0.25) is 5.02 Å². The first kappa shape index (κ1) is 19.2. The van der Waals surface area contributed by atoms with Crippen molar-refractivity contribution >= 4 is 28.7 Å². The van der Waals surface area contributed by atoms with Crippen LogP contribution >= 0.6 is 11.6 Å². The van der Waals surface area contributed by atoms with E-state index in [-0.39, 0.29) is 11.9 Å². The van der Waals surface area contributed by atoms with E-state index >= 15 is 0 Å². The number of aromatic nitrogens is 3. The van der Waals surface area contributed by atoms with Crippen LogP contribution in [0.4, 0.5) is 0 Å². The van der Waals surface area contributed by atoms with Crippen molar-refractivity contribution in [1.82, 2.24) is 19.9 Å². The average molecular weight is 387 g/mol. The molecule has 0 saturated carbocycles. The molecule has 1 aromatic carbocycles. The summed E-state index contributed by atoms with van der Waals surface area (Å²) < 4.78 is 1.78. The number of pyridine rings is 1. The average Bonchev–Trinajstić information content (AvgIpc) is 2.96. The predicted octanol–water partition coefficient (Wildman–Crippen LogP) is 4.28. The van der Waals surface area contributed by atoms with E-state index in [2.05, 4.69) is 22.2 Å². The van der Waals surface area contributed by atoms with E-state index in [1.807, 2.05) is 24.3 Å². The quantitative estimate of drug-likeness (QED) is 0.594. The van der Waals surface area contributed by atoms with Crippen LogP contribution in [-0.2, 0) is 17.9 Å². The molecule has 0 spiro atoms. The van der Waals surface area contributed by atoms with E-state index in [0.717, 1.165) is 41.5 Å². The highest BCUT2D eigenvalue weighted by Gasteiger charge is 2.18. The van der Waals surface area contributed by atoms with E-state index in [1.54, 1.807) is 10.8 Å². The van der Waals surface area contributed by atoms with Crippen molar-refractivity contribution in [1.29, 1.82) is 0 Å². The van der Waals surface area contributed by atoms with Crippen LogP contribution in [-0.4, -0.2) is 25.5 Å². The molecule has 7 heteroatoms. The summed E-state index contributed by atoms with van der Waals surface area (Å²) in [5, 5.41) is 13.6. The third-order valence-electron chi connectivity index (χ3n) is 4.45. The summed E-state index contributed by atoms with van der Waals surface area (Å²) >= 11 is 6.51. The van der Waals surface area contributed by atoms with E-state index in [1.165, 1.54) is 6.92 Å². The second-order valence-electron chi connectivity index (χ2n) is 6.53. The van der Waals surface area contributed by atoms with Crippen molar-refractivity contribution in [3.05, 3.63) is 41.0 Å². The van der Waals surface area contributed by atoms with Crippen molar-refractivity contribution in [2.24, 2.45) is 0 Å². The van der Waals surface area contributed by atoms with Gasteiger partial charge in [0.1, 0.15) is 0 Å². The lowest BCUT2D eigenvalue weighted by Crippen LogP contribution is -2.18. The number of amides is 1. The van der Waals surface area contributed by atoms with Gasteiger partial charge in [0.2, 0.25) is 5.91 Å². The van der Waals surface area contributed by atoms with Gasteiger partial charge in [0.15, 0.2) is 5.65 Å². The van der Waals surface area contributed by atoms with Crippen molar-refractivity contribution in [2.45, 2.75) is 46.2 Å². The molecule has 6 nitrogen and oxygen atoms in total. The van der Waals surface area contributed by atoms with Gasteiger partial charge in [-0.05, 0) is 23.6 Å². The van der Waals surface area contributed by atoms with Gasteiger partial charge in [-0.1, -0.05) is 49.6 Å². The molecule has 3 rings (SSSR count). The molecule has 0 unspecified atom stereocenters. The molecule has 0 saturated heterocycles. The minimum absolute atomic E-state index is 0.0495. The number of nitrogens with one attached hydrogen (secondary N) is 1. The van der Waals surface area contributed by atoms with Crippen LogP contribution in [0, 0.1) is 0 Å². The Kier molecular flexibility index (Phi) is 5.96. The maximum atomic E-state index is 11.2. The number of halogens is 1. The molecule has 27 heavy (non-hydrogen) atoms. The lowest BCUT2D eigenvalue weighted by atomic mass is 10.0. The molecular weight excluding hydrogens is 364 g/mol. The molecular formula is C20H23ClN4O2. The fourth-order valence-corrected chi connectivity index (χ4v) is 3.38. The van der Waals surface area contributed by atoms with Crippen molar-refractivity contribution in [3.63, 3.8) is 0 Å². The number of aryl methyl sites for hydroxylation is 1. The maximum Gasteiger partial charge on any atom is 0.296 e. The lowest BCUT2D eigenvalue weighted by Gasteiger charge is -2.12.